The van der Waals surface area contributed by atoms with Gasteiger partial charge in [0.1, 0.15) is 23.7 Å². The van der Waals surface area contributed by atoms with E-state index in [1.807, 2.05) is 65.8 Å². The fourth-order valence-electron chi connectivity index (χ4n) is 8.11. The molecule has 1 aromatic carbocycles. The van der Waals surface area contributed by atoms with E-state index in [4.69, 9.17) is 4.74 Å². The molecule has 2 aliphatic carbocycles. The molecule has 4 rings (SSSR count). The Bertz CT molecular complexity index is 1630. The van der Waals surface area contributed by atoms with Gasteiger partial charge in [-0.15, -0.1) is 0 Å². The molecular weight excluding hydrogens is 704 g/mol. The third kappa shape index (κ3) is 10.2. The van der Waals surface area contributed by atoms with Crippen molar-refractivity contribution in [3.8, 4) is 0 Å². The van der Waals surface area contributed by atoms with Crippen LogP contribution in [0, 0.1) is 28.6 Å². The molecule has 0 spiro atoms. The Morgan fingerprint density at radius 1 is 0.927 bits per heavy atom. The van der Waals surface area contributed by atoms with Gasteiger partial charge in [0, 0.05) is 20.6 Å². The van der Waals surface area contributed by atoms with Crippen LogP contribution in [0.2, 0.25) is 0 Å². The second-order valence-electron chi connectivity index (χ2n) is 18.3. The van der Waals surface area contributed by atoms with Gasteiger partial charge in [0.2, 0.25) is 29.4 Å². The number of rotatable bonds is 14. The number of likely N-dealkylation sites (tertiary alicyclic amines) is 1. The number of benzene rings is 1. The number of carbonyl (C=O) groups is 7. The molecule has 0 radical (unpaired) electrons. The molecule has 1 saturated heterocycles. The van der Waals surface area contributed by atoms with Crippen LogP contribution in [0.3, 0.4) is 0 Å². The summed E-state index contributed by atoms with van der Waals surface area (Å²) in [5.74, 6) is -4.18. The molecule has 0 bridgehead atoms. The fraction of sp³-hybridized carbons (Fsp3) is 0.683. The number of hydrogen-bond donors (Lipinski definition) is 4. The summed E-state index contributed by atoms with van der Waals surface area (Å²) in [7, 11) is 3.23. The smallest absolute Gasteiger partial charge is 0.408 e. The van der Waals surface area contributed by atoms with Gasteiger partial charge in [0.25, 0.3) is 5.91 Å². The third-order valence-electron chi connectivity index (χ3n) is 11.2. The van der Waals surface area contributed by atoms with Gasteiger partial charge in [0.05, 0.1) is 12.6 Å². The zero-order chi connectivity index (χ0) is 41.2. The zero-order valence-corrected chi connectivity index (χ0v) is 34.5. The van der Waals surface area contributed by atoms with E-state index in [9.17, 15) is 33.6 Å². The topological polar surface area (TPSA) is 183 Å². The van der Waals surface area contributed by atoms with E-state index in [1.165, 1.54) is 9.80 Å². The van der Waals surface area contributed by atoms with Crippen LogP contribution in [-0.4, -0.2) is 108 Å². The summed E-state index contributed by atoms with van der Waals surface area (Å²) in [6.07, 6.45) is 1.87. The number of fused-ring (bicyclic) bond motifs is 2. The lowest BCUT2D eigenvalue weighted by Gasteiger charge is -2.38. The van der Waals surface area contributed by atoms with E-state index in [-0.39, 0.29) is 35.5 Å². The minimum absolute atomic E-state index is 0.0301. The Kier molecular flexibility index (Phi) is 13.1. The summed E-state index contributed by atoms with van der Waals surface area (Å²) in [4.78, 5) is 97.3. The molecule has 14 heteroatoms. The maximum atomic E-state index is 14.2. The van der Waals surface area contributed by atoms with E-state index in [0.29, 0.717) is 32.2 Å². The first kappa shape index (κ1) is 43.2. The molecule has 55 heavy (non-hydrogen) atoms. The lowest BCUT2D eigenvalue weighted by atomic mass is 9.85. The monoisotopic (exact) mass is 766 g/mol. The second-order valence-corrected chi connectivity index (χ2v) is 18.3. The Hall–Kier alpha value is -4.49. The molecule has 1 aromatic rings. The van der Waals surface area contributed by atoms with Crippen LogP contribution >= 0.6 is 0 Å². The van der Waals surface area contributed by atoms with Crippen molar-refractivity contribution >= 4 is 41.4 Å². The lowest BCUT2D eigenvalue weighted by Crippen LogP contribution is -2.61. The number of nitrogens with zero attached hydrogens (tertiary/aromatic N) is 2. The van der Waals surface area contributed by atoms with Gasteiger partial charge in [-0.05, 0) is 79.7 Å². The standard InChI is InChI=1S/C41H62N6O8/c1-12-13-18-27(32(49)35(51)42-21-28(48)44-30(36(52)46(10)11)25-19-23-16-14-15-17-24(23)20-25)43-34(50)31-29-26(41(29,8)9)22-47(31)37(53)33(39(2,3)4)45-38(54)55-40(5,6)7/h14-17,25-27,29-31,33H,12-13,18-22H2,1-11H3,(H,42,51)(H,43,50)(H,44,48)(H,45,54)/t26?,27?,29?,30-,31-,33?/m0/s1. The molecule has 6 atom stereocenters. The molecule has 1 aliphatic heterocycles. The number of likely N-dealkylation sites (N-methyl/N-ethyl adjacent to an activating group) is 1. The minimum Gasteiger partial charge on any atom is -0.444 e. The summed E-state index contributed by atoms with van der Waals surface area (Å²) in [5.41, 5.74) is 0.479. The van der Waals surface area contributed by atoms with Crippen molar-refractivity contribution in [3.63, 3.8) is 0 Å². The zero-order valence-electron chi connectivity index (χ0n) is 34.5. The number of carbonyl (C=O) groups excluding carboxylic acids is 7. The van der Waals surface area contributed by atoms with Crippen molar-refractivity contribution in [1.29, 1.82) is 0 Å². The highest BCUT2D eigenvalue weighted by Gasteiger charge is 2.70. The molecule has 1 heterocycles. The van der Waals surface area contributed by atoms with Crippen LogP contribution < -0.4 is 21.3 Å². The van der Waals surface area contributed by atoms with Crippen molar-refractivity contribution in [2.75, 3.05) is 27.2 Å². The van der Waals surface area contributed by atoms with Crippen molar-refractivity contribution in [2.24, 2.45) is 28.6 Å². The first-order valence-corrected chi connectivity index (χ1v) is 19.5. The van der Waals surface area contributed by atoms with Gasteiger partial charge in [0.15, 0.2) is 0 Å². The Morgan fingerprint density at radius 3 is 2.05 bits per heavy atom. The van der Waals surface area contributed by atoms with E-state index in [1.54, 1.807) is 34.9 Å². The Morgan fingerprint density at radius 2 is 1.53 bits per heavy atom. The maximum absolute atomic E-state index is 14.2. The first-order chi connectivity index (χ1) is 25.5. The molecule has 0 aromatic heterocycles. The molecular formula is C41H62N6O8. The summed E-state index contributed by atoms with van der Waals surface area (Å²) in [5, 5.41) is 10.7. The molecule has 14 nitrogen and oxygen atoms in total. The summed E-state index contributed by atoms with van der Waals surface area (Å²) in [6, 6.07) is 3.91. The lowest BCUT2D eigenvalue weighted by molar-refractivity contribution is -0.145. The first-order valence-electron chi connectivity index (χ1n) is 19.5. The third-order valence-corrected chi connectivity index (χ3v) is 11.2. The minimum atomic E-state index is -1.20. The average Bonchev–Trinajstić information content (AvgIpc) is 3.44. The number of piperidine rings is 1. The number of Topliss-reactive ketones (excluding diaryl/α,β-unsaturated/α-hetero) is 1. The molecule has 4 unspecified atom stereocenters. The van der Waals surface area contributed by atoms with Crippen LogP contribution in [0.1, 0.15) is 92.7 Å². The van der Waals surface area contributed by atoms with E-state index in [0.717, 1.165) is 11.1 Å². The molecule has 3 aliphatic rings. The van der Waals surface area contributed by atoms with Crippen molar-refractivity contribution in [2.45, 2.75) is 124 Å². The van der Waals surface area contributed by atoms with Gasteiger partial charge in [-0.25, -0.2) is 4.79 Å². The van der Waals surface area contributed by atoms with Gasteiger partial charge >= 0.3 is 6.09 Å². The summed E-state index contributed by atoms with van der Waals surface area (Å²) in [6.45, 7) is 16.4. The number of ether oxygens (including phenoxy) is 1. The summed E-state index contributed by atoms with van der Waals surface area (Å²) >= 11 is 0. The van der Waals surface area contributed by atoms with Crippen LogP contribution in [0.15, 0.2) is 24.3 Å². The summed E-state index contributed by atoms with van der Waals surface area (Å²) < 4.78 is 5.44. The highest BCUT2D eigenvalue weighted by atomic mass is 16.6. The van der Waals surface area contributed by atoms with E-state index < -0.39 is 77.2 Å². The molecule has 2 fully saturated rings. The van der Waals surface area contributed by atoms with E-state index >= 15 is 0 Å². The fourth-order valence-corrected chi connectivity index (χ4v) is 8.11. The number of hydrogen-bond acceptors (Lipinski definition) is 8. The molecule has 6 amide bonds. The van der Waals surface area contributed by atoms with Crippen LogP contribution in [0.4, 0.5) is 4.79 Å². The predicted octanol–water partition coefficient (Wildman–Crippen LogP) is 2.76. The number of nitrogens with one attached hydrogen (secondary N) is 4. The van der Waals surface area contributed by atoms with Gasteiger partial charge in [-0.3, -0.25) is 28.8 Å². The van der Waals surface area contributed by atoms with Crippen LogP contribution in [0.25, 0.3) is 0 Å². The largest absolute Gasteiger partial charge is 0.444 e. The van der Waals surface area contributed by atoms with Gasteiger partial charge in [-0.2, -0.15) is 0 Å². The van der Waals surface area contributed by atoms with Gasteiger partial charge < -0.3 is 35.8 Å². The van der Waals surface area contributed by atoms with Gasteiger partial charge in [-0.1, -0.05) is 78.6 Å². The van der Waals surface area contributed by atoms with Crippen molar-refractivity contribution < 1.29 is 38.3 Å². The maximum Gasteiger partial charge on any atom is 0.408 e. The number of alkyl carbamates (subject to hydrolysis) is 1. The Labute approximate surface area is 325 Å². The number of ketones is 1. The van der Waals surface area contributed by atoms with Crippen LogP contribution in [-0.2, 0) is 46.3 Å². The quantitative estimate of drug-likeness (QED) is 0.209. The SMILES string of the molecule is CCCCC(NC(=O)[C@@H]1C2C(CN1C(=O)C(NC(=O)OC(C)(C)C)C(C)(C)C)C2(C)C)C(=O)C(=O)NCC(=O)N[C@H](C(=O)N(C)C)C1Cc2ccccc2C1. The molecule has 4 N–H and O–H groups in total. The second kappa shape index (κ2) is 16.7. The van der Waals surface area contributed by atoms with Crippen molar-refractivity contribution in [1.82, 2.24) is 31.1 Å². The highest BCUT2D eigenvalue weighted by molar-refractivity contribution is 6.38. The average molecular weight is 767 g/mol. The number of unbranched alkanes of at least 4 members (excludes halogenated alkanes) is 1. The normalized spacial score (nSPS) is 21.6. The van der Waals surface area contributed by atoms with Crippen LogP contribution in [0.5, 0.6) is 0 Å². The van der Waals surface area contributed by atoms with E-state index in [2.05, 4.69) is 21.3 Å². The molecule has 1 saturated carbocycles. The molecule has 304 valence electrons. The number of amides is 6. The highest BCUT2D eigenvalue weighted by Crippen LogP contribution is 2.65. The van der Waals surface area contributed by atoms with Crippen molar-refractivity contribution in [3.05, 3.63) is 35.4 Å². The predicted molar refractivity (Wildman–Crippen MR) is 206 cm³/mol. The Balaban J connectivity index is 1.44.